The molecule has 3 atom stereocenters. The number of ether oxygens (including phenoxy) is 5. The van der Waals surface area contributed by atoms with Gasteiger partial charge in [0.25, 0.3) is 0 Å². The Kier molecular flexibility index (Phi) is 8.27. The van der Waals surface area contributed by atoms with Crippen LogP contribution in [-0.4, -0.2) is 65.8 Å². The highest BCUT2D eigenvalue weighted by molar-refractivity contribution is 5.76. The normalized spacial score (nSPS) is 15.6. The van der Waals surface area contributed by atoms with Gasteiger partial charge in [0.1, 0.15) is 0 Å². The van der Waals surface area contributed by atoms with E-state index in [1.54, 1.807) is 0 Å². The SMILES string of the molecule is COC(=O)[C@H](C[C@H](OC)[C@H](OC)C(=O)OC)OC. The second-order valence-corrected chi connectivity index (χ2v) is 3.44. The van der Waals surface area contributed by atoms with Gasteiger partial charge in [-0.05, 0) is 0 Å². The minimum Gasteiger partial charge on any atom is -0.467 e. The summed E-state index contributed by atoms with van der Waals surface area (Å²) in [7, 11) is 6.63. The Hall–Kier alpha value is -1.18. The lowest BCUT2D eigenvalue weighted by molar-refractivity contribution is -0.167. The van der Waals surface area contributed by atoms with E-state index in [0.717, 1.165) is 0 Å². The van der Waals surface area contributed by atoms with Crippen LogP contribution in [0.1, 0.15) is 6.42 Å². The third-order valence-corrected chi connectivity index (χ3v) is 2.52. The van der Waals surface area contributed by atoms with Crippen LogP contribution in [0.15, 0.2) is 0 Å². The maximum Gasteiger partial charge on any atom is 0.337 e. The molecule has 0 fully saturated rings. The molecule has 7 heteroatoms. The van der Waals surface area contributed by atoms with Gasteiger partial charge in [0.2, 0.25) is 0 Å². The molecule has 18 heavy (non-hydrogen) atoms. The molecule has 0 aromatic carbocycles. The molecule has 0 spiro atoms. The quantitative estimate of drug-likeness (QED) is 0.560. The molecule has 0 aliphatic heterocycles. The molecular weight excluding hydrogens is 244 g/mol. The fraction of sp³-hybridized carbons (Fsp3) is 0.818. The molecule has 0 aromatic rings. The zero-order valence-corrected chi connectivity index (χ0v) is 11.3. The minimum absolute atomic E-state index is 0.118. The van der Waals surface area contributed by atoms with Gasteiger partial charge in [-0.15, -0.1) is 0 Å². The van der Waals surface area contributed by atoms with Crippen molar-refractivity contribution >= 4 is 11.9 Å². The monoisotopic (exact) mass is 264 g/mol. The van der Waals surface area contributed by atoms with E-state index in [1.165, 1.54) is 35.5 Å². The Labute approximate surface area is 106 Å². The number of carbonyl (C=O) groups is 2. The Morgan fingerprint density at radius 3 is 1.72 bits per heavy atom. The first-order valence-corrected chi connectivity index (χ1v) is 5.29. The fourth-order valence-corrected chi connectivity index (χ4v) is 1.49. The summed E-state index contributed by atoms with van der Waals surface area (Å²) in [5.41, 5.74) is 0. The molecule has 0 aliphatic carbocycles. The van der Waals surface area contributed by atoms with E-state index in [-0.39, 0.29) is 6.42 Å². The van der Waals surface area contributed by atoms with Gasteiger partial charge in [-0.3, -0.25) is 0 Å². The number of carbonyl (C=O) groups excluding carboxylic acids is 2. The van der Waals surface area contributed by atoms with Gasteiger partial charge in [-0.25, -0.2) is 9.59 Å². The van der Waals surface area contributed by atoms with E-state index in [2.05, 4.69) is 9.47 Å². The zero-order valence-electron chi connectivity index (χ0n) is 11.3. The maximum atomic E-state index is 11.5. The highest BCUT2D eigenvalue weighted by Crippen LogP contribution is 2.14. The van der Waals surface area contributed by atoms with E-state index < -0.39 is 30.3 Å². The summed E-state index contributed by atoms with van der Waals surface area (Å²) in [4.78, 5) is 22.9. The summed E-state index contributed by atoms with van der Waals surface area (Å²) >= 11 is 0. The molecule has 0 saturated carbocycles. The van der Waals surface area contributed by atoms with Crippen LogP contribution < -0.4 is 0 Å². The van der Waals surface area contributed by atoms with Crippen molar-refractivity contribution in [2.24, 2.45) is 0 Å². The van der Waals surface area contributed by atoms with Crippen LogP contribution >= 0.6 is 0 Å². The van der Waals surface area contributed by atoms with Gasteiger partial charge in [0.05, 0.1) is 20.3 Å². The standard InChI is InChI=1S/C11H20O7/c1-14-7(9(16-3)11(13)18-5)6-8(15-2)10(12)17-4/h7-9H,6H2,1-5H3/t7-,8-,9-/m0/s1. The second kappa shape index (κ2) is 8.84. The molecule has 0 aliphatic rings. The lowest BCUT2D eigenvalue weighted by Crippen LogP contribution is -2.42. The van der Waals surface area contributed by atoms with Crippen molar-refractivity contribution in [1.82, 2.24) is 0 Å². The van der Waals surface area contributed by atoms with E-state index in [9.17, 15) is 9.59 Å². The smallest absolute Gasteiger partial charge is 0.337 e. The number of rotatable bonds is 8. The van der Waals surface area contributed by atoms with Crippen LogP contribution in [0.4, 0.5) is 0 Å². The Morgan fingerprint density at radius 1 is 0.833 bits per heavy atom. The van der Waals surface area contributed by atoms with Gasteiger partial charge in [-0.1, -0.05) is 0 Å². The highest BCUT2D eigenvalue weighted by Gasteiger charge is 2.34. The molecule has 106 valence electrons. The van der Waals surface area contributed by atoms with E-state index in [0.29, 0.717) is 0 Å². The third-order valence-electron chi connectivity index (χ3n) is 2.52. The van der Waals surface area contributed by atoms with Crippen LogP contribution in [0.2, 0.25) is 0 Å². The molecule has 0 radical (unpaired) electrons. The first-order chi connectivity index (χ1) is 8.55. The van der Waals surface area contributed by atoms with Crippen molar-refractivity contribution in [2.45, 2.75) is 24.7 Å². The first-order valence-electron chi connectivity index (χ1n) is 5.29. The number of esters is 2. The molecule has 0 amide bonds. The first kappa shape index (κ1) is 16.8. The largest absolute Gasteiger partial charge is 0.467 e. The molecule has 7 nitrogen and oxygen atoms in total. The van der Waals surface area contributed by atoms with Gasteiger partial charge in [0.15, 0.2) is 12.2 Å². The van der Waals surface area contributed by atoms with Crippen molar-refractivity contribution in [1.29, 1.82) is 0 Å². The third kappa shape index (κ3) is 4.59. The molecule has 0 rings (SSSR count). The Bertz CT molecular complexity index is 266. The number of methoxy groups -OCH3 is 5. The summed E-state index contributed by atoms with van der Waals surface area (Å²) in [5.74, 6) is -1.12. The summed E-state index contributed by atoms with van der Waals surface area (Å²) in [6.07, 6.45) is -2.32. The van der Waals surface area contributed by atoms with Gasteiger partial charge < -0.3 is 23.7 Å². The van der Waals surface area contributed by atoms with Crippen LogP contribution in [0.5, 0.6) is 0 Å². The van der Waals surface area contributed by atoms with Crippen LogP contribution in [0.3, 0.4) is 0 Å². The van der Waals surface area contributed by atoms with Crippen LogP contribution in [0.25, 0.3) is 0 Å². The Balaban J connectivity index is 4.74. The summed E-state index contributed by atoms with van der Waals surface area (Å²) in [5, 5.41) is 0. The molecule has 0 saturated heterocycles. The lowest BCUT2D eigenvalue weighted by Gasteiger charge is -2.25. The van der Waals surface area contributed by atoms with E-state index in [1.807, 2.05) is 0 Å². The van der Waals surface area contributed by atoms with E-state index >= 15 is 0 Å². The average molecular weight is 264 g/mol. The molecular formula is C11H20O7. The van der Waals surface area contributed by atoms with Gasteiger partial charge in [0, 0.05) is 27.8 Å². The Morgan fingerprint density at radius 2 is 1.39 bits per heavy atom. The van der Waals surface area contributed by atoms with Crippen molar-refractivity contribution in [3.8, 4) is 0 Å². The fourth-order valence-electron chi connectivity index (χ4n) is 1.49. The predicted octanol–water partition coefficient (Wildman–Crippen LogP) is -0.232. The molecule has 0 bridgehead atoms. The maximum absolute atomic E-state index is 11.5. The van der Waals surface area contributed by atoms with E-state index in [4.69, 9.17) is 14.2 Å². The van der Waals surface area contributed by atoms with Crippen molar-refractivity contribution in [3.05, 3.63) is 0 Å². The van der Waals surface area contributed by atoms with Gasteiger partial charge in [-0.2, -0.15) is 0 Å². The summed E-state index contributed by atoms with van der Waals surface area (Å²) in [6.45, 7) is 0. The molecule has 0 aromatic heterocycles. The highest BCUT2D eigenvalue weighted by atomic mass is 16.6. The minimum atomic E-state index is -0.928. The second-order valence-electron chi connectivity index (χ2n) is 3.44. The number of hydrogen-bond acceptors (Lipinski definition) is 7. The summed E-state index contributed by atoms with van der Waals surface area (Å²) in [6, 6.07) is 0. The van der Waals surface area contributed by atoms with Crippen LogP contribution in [-0.2, 0) is 33.3 Å². The molecule has 0 unspecified atom stereocenters. The molecule has 0 N–H and O–H groups in total. The van der Waals surface area contributed by atoms with Crippen molar-refractivity contribution < 1.29 is 33.3 Å². The average Bonchev–Trinajstić information content (AvgIpc) is 2.41. The zero-order chi connectivity index (χ0) is 14.1. The van der Waals surface area contributed by atoms with Crippen LogP contribution in [0, 0.1) is 0 Å². The topological polar surface area (TPSA) is 80.3 Å². The number of hydrogen-bond donors (Lipinski definition) is 0. The summed E-state index contributed by atoms with van der Waals surface area (Å²) < 4.78 is 24.3. The lowest BCUT2D eigenvalue weighted by atomic mass is 10.1. The predicted molar refractivity (Wildman–Crippen MR) is 61.0 cm³/mol. The van der Waals surface area contributed by atoms with Crippen molar-refractivity contribution in [3.63, 3.8) is 0 Å². The van der Waals surface area contributed by atoms with Gasteiger partial charge >= 0.3 is 11.9 Å². The van der Waals surface area contributed by atoms with Crippen molar-refractivity contribution in [2.75, 3.05) is 35.5 Å². The molecule has 0 heterocycles.